The summed E-state index contributed by atoms with van der Waals surface area (Å²) >= 11 is 7.98. The summed E-state index contributed by atoms with van der Waals surface area (Å²) in [5, 5.41) is 4.91. The Morgan fingerprint density at radius 3 is 3.06 bits per heavy atom. The van der Waals surface area contributed by atoms with E-state index in [2.05, 4.69) is 10.1 Å². The first kappa shape index (κ1) is 11.9. The van der Waals surface area contributed by atoms with Gasteiger partial charge in [0.25, 0.3) is 5.89 Å². The normalized spacial score (nSPS) is 19.3. The van der Waals surface area contributed by atoms with Crippen molar-refractivity contribution in [1.29, 1.82) is 0 Å². The largest absolute Gasteiger partial charge is 0.398 e. The van der Waals surface area contributed by atoms with Crippen molar-refractivity contribution in [2.24, 2.45) is 0 Å². The molecule has 2 heterocycles. The third-order valence-electron chi connectivity index (χ3n) is 2.92. The summed E-state index contributed by atoms with van der Waals surface area (Å²) in [7, 11) is 0. The minimum atomic E-state index is 0.339. The van der Waals surface area contributed by atoms with Gasteiger partial charge in [-0.05, 0) is 30.7 Å². The summed E-state index contributed by atoms with van der Waals surface area (Å²) in [4.78, 5) is 4.42. The fourth-order valence-electron chi connectivity index (χ4n) is 2.01. The Morgan fingerprint density at radius 1 is 1.44 bits per heavy atom. The Morgan fingerprint density at radius 2 is 2.33 bits per heavy atom. The lowest BCUT2D eigenvalue weighted by Gasteiger charge is -2.02. The van der Waals surface area contributed by atoms with Gasteiger partial charge in [-0.1, -0.05) is 22.8 Å². The lowest BCUT2D eigenvalue weighted by atomic mass is 10.2. The monoisotopic (exact) mass is 281 g/mol. The highest BCUT2D eigenvalue weighted by Gasteiger charge is 2.24. The van der Waals surface area contributed by atoms with E-state index >= 15 is 0 Å². The number of nitrogens with zero attached hydrogens (tertiary/aromatic N) is 2. The molecule has 1 aliphatic rings. The van der Waals surface area contributed by atoms with E-state index in [1.807, 2.05) is 11.8 Å². The van der Waals surface area contributed by atoms with E-state index in [0.717, 1.165) is 18.0 Å². The van der Waals surface area contributed by atoms with E-state index < -0.39 is 0 Å². The molecule has 1 atom stereocenters. The maximum Gasteiger partial charge on any atom is 0.261 e. The Balaban J connectivity index is 1.97. The number of nitrogens with two attached hydrogens (primary N) is 1. The average Bonchev–Trinajstić information content (AvgIpc) is 2.99. The lowest BCUT2D eigenvalue weighted by molar-refractivity contribution is 0.421. The highest BCUT2D eigenvalue weighted by atomic mass is 35.5. The molecule has 6 heteroatoms. The molecule has 0 radical (unpaired) electrons. The molecule has 0 spiro atoms. The van der Waals surface area contributed by atoms with Crippen LogP contribution >= 0.6 is 23.4 Å². The van der Waals surface area contributed by atoms with E-state index in [9.17, 15) is 0 Å². The van der Waals surface area contributed by atoms with Crippen LogP contribution in [0.2, 0.25) is 5.02 Å². The number of aromatic nitrogens is 2. The molecule has 94 valence electrons. The summed E-state index contributed by atoms with van der Waals surface area (Å²) < 4.78 is 5.29. The van der Waals surface area contributed by atoms with E-state index in [0.29, 0.717) is 27.4 Å². The van der Waals surface area contributed by atoms with Crippen molar-refractivity contribution in [2.45, 2.75) is 18.1 Å². The van der Waals surface area contributed by atoms with Crippen molar-refractivity contribution in [3.8, 4) is 11.5 Å². The Bertz CT molecular complexity index is 546. The molecule has 0 amide bonds. The van der Waals surface area contributed by atoms with Gasteiger partial charge in [0, 0.05) is 5.69 Å². The fraction of sp³-hybridized carbons (Fsp3) is 0.333. The first-order valence-electron chi connectivity index (χ1n) is 5.75. The van der Waals surface area contributed by atoms with Gasteiger partial charge in [0.1, 0.15) is 0 Å². The van der Waals surface area contributed by atoms with E-state index in [-0.39, 0.29) is 0 Å². The highest BCUT2D eigenvalue weighted by Crippen LogP contribution is 2.40. The molecule has 3 rings (SSSR count). The van der Waals surface area contributed by atoms with Gasteiger partial charge >= 0.3 is 0 Å². The smallest absolute Gasteiger partial charge is 0.261 e. The number of hydrogen-bond acceptors (Lipinski definition) is 5. The van der Waals surface area contributed by atoms with Gasteiger partial charge in [-0.25, -0.2) is 0 Å². The van der Waals surface area contributed by atoms with Gasteiger partial charge in [-0.15, -0.1) is 0 Å². The zero-order chi connectivity index (χ0) is 12.5. The van der Waals surface area contributed by atoms with Gasteiger partial charge in [-0.3, -0.25) is 0 Å². The zero-order valence-corrected chi connectivity index (χ0v) is 11.2. The molecule has 2 aromatic rings. The summed E-state index contributed by atoms with van der Waals surface area (Å²) in [6.07, 6.45) is 2.30. The van der Waals surface area contributed by atoms with Crippen LogP contribution in [-0.2, 0) is 0 Å². The maximum absolute atomic E-state index is 6.12. The quantitative estimate of drug-likeness (QED) is 0.853. The van der Waals surface area contributed by atoms with Crippen LogP contribution in [0.1, 0.15) is 23.9 Å². The predicted molar refractivity (Wildman–Crippen MR) is 73.6 cm³/mol. The predicted octanol–water partition coefficient (Wildman–Crippen LogP) is 3.54. The number of anilines is 1. The van der Waals surface area contributed by atoms with Gasteiger partial charge in [0.15, 0.2) is 5.82 Å². The van der Waals surface area contributed by atoms with Gasteiger partial charge in [-0.2, -0.15) is 16.7 Å². The summed E-state index contributed by atoms with van der Waals surface area (Å²) in [6, 6.07) is 5.34. The molecule has 4 nitrogen and oxygen atoms in total. The Kier molecular flexibility index (Phi) is 3.18. The molecular weight excluding hydrogens is 270 g/mol. The maximum atomic E-state index is 6.12. The van der Waals surface area contributed by atoms with Gasteiger partial charge < -0.3 is 10.3 Å². The van der Waals surface area contributed by atoms with E-state index in [1.54, 1.807) is 18.2 Å². The van der Waals surface area contributed by atoms with Gasteiger partial charge in [0.05, 0.1) is 15.8 Å². The second-order valence-corrected chi connectivity index (χ2v) is 5.88. The van der Waals surface area contributed by atoms with Gasteiger partial charge in [0.2, 0.25) is 0 Å². The third kappa shape index (κ3) is 2.08. The van der Waals surface area contributed by atoms with Crippen LogP contribution in [-0.4, -0.2) is 15.9 Å². The minimum absolute atomic E-state index is 0.339. The Hall–Kier alpha value is -1.20. The number of halogens is 1. The second kappa shape index (κ2) is 4.82. The molecule has 0 aliphatic carbocycles. The molecule has 0 saturated carbocycles. The number of nitrogen functional groups attached to an aromatic ring is 1. The molecule has 1 aliphatic heterocycles. The molecule has 1 aromatic carbocycles. The van der Waals surface area contributed by atoms with Crippen molar-refractivity contribution in [1.82, 2.24) is 10.1 Å². The molecule has 0 bridgehead atoms. The van der Waals surface area contributed by atoms with Crippen molar-refractivity contribution in [2.75, 3.05) is 11.5 Å². The van der Waals surface area contributed by atoms with E-state index in [4.69, 9.17) is 21.9 Å². The first-order chi connectivity index (χ1) is 8.75. The van der Waals surface area contributed by atoms with Crippen LogP contribution in [0, 0.1) is 0 Å². The number of thioether (sulfide) groups is 1. The summed E-state index contributed by atoms with van der Waals surface area (Å²) in [6.45, 7) is 0. The van der Waals surface area contributed by atoms with Crippen LogP contribution in [0.4, 0.5) is 5.69 Å². The summed E-state index contributed by atoms with van der Waals surface area (Å²) in [5.74, 6) is 2.30. The number of rotatable bonds is 2. The Labute approximate surface area is 114 Å². The summed E-state index contributed by atoms with van der Waals surface area (Å²) in [5.41, 5.74) is 7.08. The topological polar surface area (TPSA) is 64.9 Å². The zero-order valence-electron chi connectivity index (χ0n) is 9.60. The molecule has 1 saturated heterocycles. The van der Waals surface area contributed by atoms with Crippen molar-refractivity contribution < 1.29 is 4.52 Å². The van der Waals surface area contributed by atoms with Crippen LogP contribution < -0.4 is 5.73 Å². The van der Waals surface area contributed by atoms with Crippen molar-refractivity contribution in [3.63, 3.8) is 0 Å². The fourth-order valence-corrected chi connectivity index (χ4v) is 3.47. The SMILES string of the molecule is Nc1cccc(Cl)c1-c1nc(C2CCCS2)no1. The number of benzene rings is 1. The molecular formula is C12H12ClN3OS. The minimum Gasteiger partial charge on any atom is -0.398 e. The van der Waals surface area contributed by atoms with E-state index in [1.165, 1.54) is 6.42 Å². The first-order valence-corrected chi connectivity index (χ1v) is 7.18. The van der Waals surface area contributed by atoms with Crippen LogP contribution in [0.25, 0.3) is 11.5 Å². The molecule has 1 unspecified atom stereocenters. The standard InChI is InChI=1S/C12H12ClN3OS/c13-7-3-1-4-8(14)10(7)12-15-11(16-17-12)9-5-2-6-18-9/h1,3-4,9H,2,5-6,14H2. The van der Waals surface area contributed by atoms with Crippen LogP contribution in [0.3, 0.4) is 0 Å². The van der Waals surface area contributed by atoms with Crippen molar-refractivity contribution >= 4 is 29.1 Å². The molecule has 2 N–H and O–H groups in total. The average molecular weight is 282 g/mol. The second-order valence-electron chi connectivity index (χ2n) is 4.16. The van der Waals surface area contributed by atoms with Crippen LogP contribution in [0.5, 0.6) is 0 Å². The highest BCUT2D eigenvalue weighted by molar-refractivity contribution is 7.99. The van der Waals surface area contributed by atoms with Crippen LogP contribution in [0.15, 0.2) is 22.7 Å². The molecule has 18 heavy (non-hydrogen) atoms. The number of hydrogen-bond donors (Lipinski definition) is 1. The molecule has 1 fully saturated rings. The molecule has 1 aromatic heterocycles. The van der Waals surface area contributed by atoms with Crippen molar-refractivity contribution in [3.05, 3.63) is 29.0 Å². The lowest BCUT2D eigenvalue weighted by Crippen LogP contribution is -1.93. The third-order valence-corrected chi connectivity index (χ3v) is 4.61.